The van der Waals surface area contributed by atoms with Gasteiger partial charge in [-0.1, -0.05) is 102 Å². The highest BCUT2D eigenvalue weighted by molar-refractivity contribution is 6.25. The predicted octanol–water partition coefficient (Wildman–Crippen LogP) is 11.3. The summed E-state index contributed by atoms with van der Waals surface area (Å²) < 4.78 is 0. The fourth-order valence-corrected chi connectivity index (χ4v) is 6.03. The number of aryl methyl sites for hydroxylation is 2. The fourth-order valence-electron chi connectivity index (χ4n) is 6.03. The van der Waals surface area contributed by atoms with Crippen molar-refractivity contribution in [1.82, 2.24) is 0 Å². The van der Waals surface area contributed by atoms with Crippen LogP contribution < -0.4 is 4.90 Å². The first-order chi connectivity index (χ1) is 18.4. The Balaban J connectivity index is 1.73. The van der Waals surface area contributed by atoms with Gasteiger partial charge < -0.3 is 4.90 Å². The summed E-state index contributed by atoms with van der Waals surface area (Å²) in [7, 11) is 0. The van der Waals surface area contributed by atoms with E-state index in [2.05, 4.69) is 151 Å². The molecule has 196 valence electrons. The summed E-state index contributed by atoms with van der Waals surface area (Å²) in [5.74, 6) is 0. The molecule has 0 N–H and O–H groups in total. The zero-order valence-electron chi connectivity index (χ0n) is 24.6. The van der Waals surface area contributed by atoms with E-state index in [1.807, 2.05) is 0 Å². The Morgan fingerprint density at radius 3 is 1.54 bits per heavy atom. The van der Waals surface area contributed by atoms with Crippen molar-refractivity contribution >= 4 is 49.4 Å². The second-order valence-electron chi connectivity index (χ2n) is 13.4. The molecule has 0 radical (unpaired) electrons. The minimum atomic E-state index is 0.0346. The van der Waals surface area contributed by atoms with Gasteiger partial charge in [0.25, 0.3) is 0 Å². The number of nitrogens with zero attached hydrogens (tertiary/aromatic N) is 1. The molecule has 0 atom stereocenters. The van der Waals surface area contributed by atoms with Gasteiger partial charge in [0.2, 0.25) is 0 Å². The molecule has 0 aliphatic carbocycles. The van der Waals surface area contributed by atoms with Crippen molar-refractivity contribution in [3.8, 4) is 0 Å². The van der Waals surface area contributed by atoms with E-state index in [-0.39, 0.29) is 10.8 Å². The van der Waals surface area contributed by atoms with Crippen LogP contribution in [0.2, 0.25) is 0 Å². The summed E-state index contributed by atoms with van der Waals surface area (Å²) in [5.41, 5.74) is 8.97. The van der Waals surface area contributed by atoms with Crippen molar-refractivity contribution in [2.75, 3.05) is 4.90 Å². The van der Waals surface area contributed by atoms with Gasteiger partial charge in [0.15, 0.2) is 0 Å². The van der Waals surface area contributed by atoms with Crippen molar-refractivity contribution in [2.24, 2.45) is 0 Å². The molecular weight excluding hydrogens is 470 g/mol. The molecular formula is C38H39N. The van der Waals surface area contributed by atoms with Gasteiger partial charge in [0.1, 0.15) is 0 Å². The highest BCUT2D eigenvalue weighted by Crippen LogP contribution is 2.45. The van der Waals surface area contributed by atoms with Crippen LogP contribution in [0.1, 0.15) is 63.8 Å². The zero-order chi connectivity index (χ0) is 27.7. The lowest BCUT2D eigenvalue weighted by molar-refractivity contribution is 0.569. The fraction of sp³-hybridized carbons (Fsp3) is 0.263. The first-order valence-electron chi connectivity index (χ1n) is 14.1. The molecule has 0 heterocycles. The first kappa shape index (κ1) is 25.4. The molecule has 1 heteroatoms. The zero-order valence-corrected chi connectivity index (χ0v) is 24.6. The number of hydrogen-bond acceptors (Lipinski definition) is 1. The van der Waals surface area contributed by atoms with Crippen LogP contribution in [-0.2, 0) is 10.8 Å². The van der Waals surface area contributed by atoms with Crippen molar-refractivity contribution in [2.45, 2.75) is 66.2 Å². The third kappa shape index (κ3) is 4.44. The Labute approximate surface area is 233 Å². The van der Waals surface area contributed by atoms with Gasteiger partial charge in [0.05, 0.1) is 5.69 Å². The lowest BCUT2D eigenvalue weighted by Gasteiger charge is -2.32. The molecule has 1 nitrogen and oxygen atoms in total. The maximum absolute atomic E-state index is 2.50. The van der Waals surface area contributed by atoms with E-state index in [1.165, 1.54) is 71.6 Å². The van der Waals surface area contributed by atoms with Crippen molar-refractivity contribution in [3.05, 3.63) is 113 Å². The lowest BCUT2D eigenvalue weighted by atomic mass is 9.80. The van der Waals surface area contributed by atoms with Crippen molar-refractivity contribution < 1.29 is 0 Å². The second kappa shape index (κ2) is 8.85. The molecule has 0 spiro atoms. The first-order valence-corrected chi connectivity index (χ1v) is 14.1. The molecule has 6 aromatic rings. The molecule has 39 heavy (non-hydrogen) atoms. The van der Waals surface area contributed by atoms with Gasteiger partial charge in [-0.15, -0.1) is 0 Å². The third-order valence-corrected chi connectivity index (χ3v) is 8.12. The quantitative estimate of drug-likeness (QED) is 0.214. The highest BCUT2D eigenvalue weighted by atomic mass is 15.1. The van der Waals surface area contributed by atoms with Crippen LogP contribution in [0.4, 0.5) is 17.1 Å². The summed E-state index contributed by atoms with van der Waals surface area (Å²) in [6, 6.07) is 34.5. The van der Waals surface area contributed by atoms with Gasteiger partial charge in [0, 0.05) is 16.8 Å². The Hall–Kier alpha value is -3.84. The molecule has 0 saturated carbocycles. The number of hydrogen-bond donors (Lipinski definition) is 0. The molecule has 0 bridgehead atoms. The second-order valence-corrected chi connectivity index (χ2v) is 13.4. The summed E-state index contributed by atoms with van der Waals surface area (Å²) in [4.78, 5) is 2.50. The summed E-state index contributed by atoms with van der Waals surface area (Å²) in [5, 5.41) is 7.87. The van der Waals surface area contributed by atoms with Crippen LogP contribution in [0.15, 0.2) is 91.0 Å². The molecule has 0 aliphatic heterocycles. The van der Waals surface area contributed by atoms with Crippen LogP contribution in [-0.4, -0.2) is 0 Å². The molecule has 6 aromatic carbocycles. The summed E-state index contributed by atoms with van der Waals surface area (Å²) >= 11 is 0. The topological polar surface area (TPSA) is 3.24 Å². The van der Waals surface area contributed by atoms with E-state index in [4.69, 9.17) is 0 Å². The van der Waals surface area contributed by atoms with E-state index in [1.54, 1.807) is 0 Å². The predicted molar refractivity (Wildman–Crippen MR) is 172 cm³/mol. The average molecular weight is 510 g/mol. The highest BCUT2D eigenvalue weighted by Gasteiger charge is 2.25. The Morgan fingerprint density at radius 1 is 0.487 bits per heavy atom. The van der Waals surface area contributed by atoms with Crippen LogP contribution in [0.25, 0.3) is 32.3 Å². The van der Waals surface area contributed by atoms with Gasteiger partial charge in [-0.05, 0) is 104 Å². The Morgan fingerprint density at radius 2 is 0.974 bits per heavy atom. The minimum Gasteiger partial charge on any atom is -0.310 e. The lowest BCUT2D eigenvalue weighted by Crippen LogP contribution is -2.19. The SMILES string of the molecule is Cc1cc(C)cc(N(c2cc(C(C)(C)C)cc(C(C)(C)C)c2)c2ccc3ccc4cccc5ccc2c3c45)c1. The summed E-state index contributed by atoms with van der Waals surface area (Å²) in [6.07, 6.45) is 0. The minimum absolute atomic E-state index is 0.0346. The molecule has 0 amide bonds. The van der Waals surface area contributed by atoms with E-state index >= 15 is 0 Å². The van der Waals surface area contributed by atoms with Crippen molar-refractivity contribution in [1.29, 1.82) is 0 Å². The van der Waals surface area contributed by atoms with Crippen molar-refractivity contribution in [3.63, 3.8) is 0 Å². The van der Waals surface area contributed by atoms with E-state index < -0.39 is 0 Å². The smallest absolute Gasteiger partial charge is 0.0540 e. The monoisotopic (exact) mass is 509 g/mol. The van der Waals surface area contributed by atoms with Gasteiger partial charge in [-0.2, -0.15) is 0 Å². The number of benzene rings is 6. The number of rotatable bonds is 3. The maximum Gasteiger partial charge on any atom is 0.0540 e. The molecule has 0 aromatic heterocycles. The van der Waals surface area contributed by atoms with E-state index in [0.29, 0.717) is 0 Å². The van der Waals surface area contributed by atoms with Crippen LogP contribution >= 0.6 is 0 Å². The van der Waals surface area contributed by atoms with E-state index in [9.17, 15) is 0 Å². The normalized spacial score (nSPS) is 12.6. The standard InChI is InChI=1S/C38H39N/c1-24-18-25(2)20-31(19-24)39(32-22-29(37(3,4)5)21-30(23-32)38(6,7)8)34-17-15-28-13-12-26-10-9-11-27-14-16-33(34)36(28)35(26)27/h9-23H,1-8H3. The van der Waals surface area contributed by atoms with Gasteiger partial charge >= 0.3 is 0 Å². The van der Waals surface area contributed by atoms with E-state index in [0.717, 1.165) is 0 Å². The van der Waals surface area contributed by atoms with Gasteiger partial charge in [-0.3, -0.25) is 0 Å². The largest absolute Gasteiger partial charge is 0.310 e. The molecule has 0 unspecified atom stereocenters. The maximum atomic E-state index is 2.50. The Kier molecular flexibility index (Phi) is 5.77. The summed E-state index contributed by atoms with van der Waals surface area (Å²) in [6.45, 7) is 18.3. The molecule has 0 saturated heterocycles. The average Bonchev–Trinajstić information content (AvgIpc) is 2.86. The van der Waals surface area contributed by atoms with Gasteiger partial charge in [-0.25, -0.2) is 0 Å². The molecule has 0 aliphatic rings. The molecule has 6 rings (SSSR count). The van der Waals surface area contributed by atoms with Crippen LogP contribution in [0, 0.1) is 13.8 Å². The third-order valence-electron chi connectivity index (χ3n) is 8.12. The Bertz CT molecular complexity index is 1770. The molecule has 0 fully saturated rings. The van der Waals surface area contributed by atoms with Crippen LogP contribution in [0.3, 0.4) is 0 Å². The number of anilines is 3. The van der Waals surface area contributed by atoms with Crippen LogP contribution in [0.5, 0.6) is 0 Å².